The first-order valence-electron chi connectivity index (χ1n) is 11.8. The van der Waals surface area contributed by atoms with E-state index in [2.05, 4.69) is 15.5 Å². The van der Waals surface area contributed by atoms with Crippen molar-refractivity contribution in [3.63, 3.8) is 0 Å². The molecular formula is C28H29FN4O3S. The maximum Gasteiger partial charge on any atom is 0.225 e. The molecule has 4 aromatic rings. The molecule has 4 rings (SSSR count). The van der Waals surface area contributed by atoms with Gasteiger partial charge in [0.1, 0.15) is 17.3 Å². The standard InChI is InChI=1S/C28H29FN4O3S/c1-33-27(31-32-28(33)37-18-20-11-7-8-12-23(20)29)24(15-19-9-5-4-6-10-19)30-26(34)17-21-16-22(35-2)13-14-25(21)36-3/h4-14,16,24H,15,17-18H2,1-3H3,(H,30,34)/t24-/m1/s1. The predicted molar refractivity (Wildman–Crippen MR) is 141 cm³/mol. The van der Waals surface area contributed by atoms with Crippen molar-refractivity contribution in [3.8, 4) is 11.5 Å². The number of methoxy groups -OCH3 is 2. The number of amides is 1. The van der Waals surface area contributed by atoms with Gasteiger partial charge < -0.3 is 19.4 Å². The molecule has 192 valence electrons. The van der Waals surface area contributed by atoms with Crippen LogP contribution in [0.15, 0.2) is 78.0 Å². The number of nitrogens with zero attached hydrogens (tertiary/aromatic N) is 3. The topological polar surface area (TPSA) is 78.3 Å². The second kappa shape index (κ2) is 12.4. The summed E-state index contributed by atoms with van der Waals surface area (Å²) in [4.78, 5) is 13.2. The van der Waals surface area contributed by atoms with Gasteiger partial charge in [0, 0.05) is 18.4 Å². The molecule has 0 bridgehead atoms. The van der Waals surface area contributed by atoms with Gasteiger partial charge in [-0.2, -0.15) is 0 Å². The van der Waals surface area contributed by atoms with Gasteiger partial charge in [-0.05, 0) is 41.8 Å². The van der Waals surface area contributed by atoms with E-state index in [-0.39, 0.29) is 18.1 Å². The maximum atomic E-state index is 14.1. The number of aromatic nitrogens is 3. The molecule has 7 nitrogen and oxygen atoms in total. The summed E-state index contributed by atoms with van der Waals surface area (Å²) < 4.78 is 26.7. The maximum absolute atomic E-state index is 14.1. The lowest BCUT2D eigenvalue weighted by molar-refractivity contribution is -0.121. The first-order chi connectivity index (χ1) is 18.0. The molecule has 1 heterocycles. The Labute approximate surface area is 220 Å². The van der Waals surface area contributed by atoms with Crippen molar-refractivity contribution in [1.29, 1.82) is 0 Å². The lowest BCUT2D eigenvalue weighted by Gasteiger charge is -2.19. The average Bonchev–Trinajstić information content (AvgIpc) is 3.28. The summed E-state index contributed by atoms with van der Waals surface area (Å²) in [6, 6.07) is 21.5. The zero-order valence-corrected chi connectivity index (χ0v) is 21.8. The molecule has 9 heteroatoms. The van der Waals surface area contributed by atoms with Crippen molar-refractivity contribution in [2.24, 2.45) is 7.05 Å². The molecule has 37 heavy (non-hydrogen) atoms. The van der Waals surface area contributed by atoms with Crippen LogP contribution in [0.25, 0.3) is 0 Å². The van der Waals surface area contributed by atoms with Crippen molar-refractivity contribution in [2.75, 3.05) is 14.2 Å². The van der Waals surface area contributed by atoms with E-state index in [0.717, 1.165) is 11.1 Å². The van der Waals surface area contributed by atoms with E-state index in [4.69, 9.17) is 9.47 Å². The van der Waals surface area contributed by atoms with Crippen molar-refractivity contribution in [2.45, 2.75) is 29.8 Å². The predicted octanol–water partition coefficient (Wildman–Crippen LogP) is 4.91. The van der Waals surface area contributed by atoms with Crippen LogP contribution in [-0.4, -0.2) is 34.9 Å². The van der Waals surface area contributed by atoms with Gasteiger partial charge in [0.05, 0.1) is 26.7 Å². The molecule has 0 aliphatic rings. The Bertz CT molecular complexity index is 1350. The number of nitrogens with one attached hydrogen (secondary N) is 1. The normalized spacial score (nSPS) is 11.7. The van der Waals surface area contributed by atoms with E-state index < -0.39 is 6.04 Å². The molecule has 0 fully saturated rings. The van der Waals surface area contributed by atoms with Crippen LogP contribution < -0.4 is 14.8 Å². The Balaban J connectivity index is 1.55. The Kier molecular flexibility index (Phi) is 8.79. The molecule has 0 saturated heterocycles. The molecule has 1 N–H and O–H groups in total. The minimum atomic E-state index is -0.424. The van der Waals surface area contributed by atoms with E-state index in [1.807, 2.05) is 48.0 Å². The van der Waals surface area contributed by atoms with E-state index in [1.54, 1.807) is 44.6 Å². The van der Waals surface area contributed by atoms with Gasteiger partial charge in [-0.3, -0.25) is 4.79 Å². The van der Waals surface area contributed by atoms with Crippen LogP contribution in [0.2, 0.25) is 0 Å². The molecule has 0 unspecified atom stereocenters. The first-order valence-corrected chi connectivity index (χ1v) is 12.8. The number of ether oxygens (including phenoxy) is 2. The Morgan fingerprint density at radius 1 is 1.00 bits per heavy atom. The summed E-state index contributed by atoms with van der Waals surface area (Å²) in [7, 11) is 5.01. The fourth-order valence-electron chi connectivity index (χ4n) is 4.01. The van der Waals surface area contributed by atoms with Gasteiger partial charge in [0.25, 0.3) is 0 Å². The van der Waals surface area contributed by atoms with Crippen molar-refractivity contribution in [1.82, 2.24) is 20.1 Å². The molecule has 0 aliphatic carbocycles. The highest BCUT2D eigenvalue weighted by atomic mass is 32.2. The van der Waals surface area contributed by atoms with Crippen LogP contribution in [0.4, 0.5) is 4.39 Å². The third-order valence-electron chi connectivity index (χ3n) is 5.95. The highest BCUT2D eigenvalue weighted by Crippen LogP contribution is 2.27. The minimum Gasteiger partial charge on any atom is -0.497 e. The Hall–Kier alpha value is -3.85. The lowest BCUT2D eigenvalue weighted by Crippen LogP contribution is -2.33. The van der Waals surface area contributed by atoms with Gasteiger partial charge in [0.15, 0.2) is 11.0 Å². The van der Waals surface area contributed by atoms with Crippen molar-refractivity contribution in [3.05, 3.63) is 101 Å². The fourth-order valence-corrected chi connectivity index (χ4v) is 4.91. The molecular weight excluding hydrogens is 491 g/mol. The largest absolute Gasteiger partial charge is 0.497 e. The highest BCUT2D eigenvalue weighted by molar-refractivity contribution is 7.98. The zero-order valence-electron chi connectivity index (χ0n) is 21.0. The second-order valence-corrected chi connectivity index (χ2v) is 9.39. The Morgan fingerprint density at radius 2 is 1.76 bits per heavy atom. The SMILES string of the molecule is COc1ccc(OC)c(CC(=O)N[C@H](Cc2ccccc2)c2nnc(SCc3ccccc3F)n2C)c1. The number of benzene rings is 3. The molecule has 1 amide bonds. The first kappa shape index (κ1) is 26.2. The van der Waals surface area contributed by atoms with E-state index in [9.17, 15) is 9.18 Å². The fraction of sp³-hybridized carbons (Fsp3) is 0.250. The van der Waals surface area contributed by atoms with Crippen LogP contribution in [-0.2, 0) is 30.4 Å². The van der Waals surface area contributed by atoms with Gasteiger partial charge in [0.2, 0.25) is 5.91 Å². The van der Waals surface area contributed by atoms with E-state index >= 15 is 0 Å². The van der Waals surface area contributed by atoms with E-state index in [1.165, 1.54) is 17.8 Å². The lowest BCUT2D eigenvalue weighted by atomic mass is 10.0. The number of thioether (sulfide) groups is 1. The molecule has 0 spiro atoms. The van der Waals surface area contributed by atoms with Gasteiger partial charge in [-0.15, -0.1) is 10.2 Å². The second-order valence-electron chi connectivity index (χ2n) is 8.44. The molecule has 0 aliphatic heterocycles. The average molecular weight is 521 g/mol. The van der Waals surface area contributed by atoms with Crippen molar-refractivity contribution >= 4 is 17.7 Å². The van der Waals surface area contributed by atoms with Gasteiger partial charge >= 0.3 is 0 Å². The molecule has 1 atom stereocenters. The summed E-state index contributed by atoms with van der Waals surface area (Å²) >= 11 is 1.40. The van der Waals surface area contributed by atoms with E-state index in [0.29, 0.717) is 40.2 Å². The summed E-state index contributed by atoms with van der Waals surface area (Å²) in [6.07, 6.45) is 0.643. The van der Waals surface area contributed by atoms with Crippen LogP contribution in [0.3, 0.4) is 0 Å². The highest BCUT2D eigenvalue weighted by Gasteiger charge is 2.23. The number of carbonyl (C=O) groups excluding carboxylic acids is 1. The monoisotopic (exact) mass is 520 g/mol. The van der Waals surface area contributed by atoms with Crippen molar-refractivity contribution < 1.29 is 18.7 Å². The Morgan fingerprint density at radius 3 is 2.49 bits per heavy atom. The number of rotatable bonds is 11. The van der Waals surface area contributed by atoms with Crippen LogP contribution in [0.5, 0.6) is 11.5 Å². The number of hydrogen-bond acceptors (Lipinski definition) is 6. The summed E-state index contributed by atoms with van der Waals surface area (Å²) in [5, 5.41) is 12.5. The van der Waals surface area contributed by atoms with Gasteiger partial charge in [-0.25, -0.2) is 4.39 Å². The molecule has 0 saturated carbocycles. The minimum absolute atomic E-state index is 0.110. The molecule has 0 radical (unpaired) electrons. The molecule has 3 aromatic carbocycles. The number of halogens is 1. The quantitative estimate of drug-likeness (QED) is 0.283. The van der Waals surface area contributed by atoms with Crippen LogP contribution in [0, 0.1) is 5.82 Å². The smallest absolute Gasteiger partial charge is 0.225 e. The number of hydrogen-bond donors (Lipinski definition) is 1. The van der Waals surface area contributed by atoms with Crippen LogP contribution in [0.1, 0.15) is 28.6 Å². The molecule has 1 aromatic heterocycles. The third-order valence-corrected chi connectivity index (χ3v) is 7.02. The number of carbonyl (C=O) groups is 1. The third kappa shape index (κ3) is 6.68. The zero-order chi connectivity index (χ0) is 26.2. The van der Waals surface area contributed by atoms with Gasteiger partial charge in [-0.1, -0.05) is 60.3 Å². The summed E-state index contributed by atoms with van der Waals surface area (Å²) in [6.45, 7) is 0. The summed E-state index contributed by atoms with van der Waals surface area (Å²) in [5.74, 6) is 1.86. The summed E-state index contributed by atoms with van der Waals surface area (Å²) in [5.41, 5.74) is 2.37. The van der Waals surface area contributed by atoms with Crippen LogP contribution >= 0.6 is 11.8 Å².